The van der Waals surface area contributed by atoms with E-state index in [-0.39, 0.29) is 10.6 Å². The first-order valence-corrected chi connectivity index (χ1v) is 10.6. The predicted octanol–water partition coefficient (Wildman–Crippen LogP) is 3.18. The van der Waals surface area contributed by atoms with Gasteiger partial charge in [0.15, 0.2) is 0 Å². The molecule has 0 saturated carbocycles. The molecule has 0 saturated heterocycles. The molecule has 6 nitrogen and oxygen atoms in total. The molecule has 8 heteroatoms. The lowest BCUT2D eigenvalue weighted by atomic mass is 10.3. The van der Waals surface area contributed by atoms with Crippen molar-refractivity contribution >= 4 is 33.4 Å². The number of carbonyl (C=O) groups is 1. The van der Waals surface area contributed by atoms with Gasteiger partial charge in [0, 0.05) is 4.90 Å². The zero-order chi connectivity index (χ0) is 19.2. The van der Waals surface area contributed by atoms with Crippen LogP contribution in [0.2, 0.25) is 0 Å². The van der Waals surface area contributed by atoms with Crippen molar-refractivity contribution in [2.24, 2.45) is 0 Å². The van der Waals surface area contributed by atoms with E-state index in [1.807, 2.05) is 6.26 Å². The Morgan fingerprint density at radius 3 is 2.35 bits per heavy atom. The molecule has 26 heavy (non-hydrogen) atoms. The summed E-state index contributed by atoms with van der Waals surface area (Å²) in [6.07, 6.45) is 1.91. The maximum absolute atomic E-state index is 13.2. The van der Waals surface area contributed by atoms with Gasteiger partial charge in [0.25, 0.3) is 10.0 Å². The first-order valence-electron chi connectivity index (χ1n) is 7.89. The number of thioether (sulfide) groups is 1. The van der Waals surface area contributed by atoms with Crippen LogP contribution in [-0.2, 0) is 19.6 Å². The quantitative estimate of drug-likeness (QED) is 0.505. The largest absolute Gasteiger partial charge is 0.492 e. The molecule has 0 bridgehead atoms. The van der Waals surface area contributed by atoms with E-state index in [9.17, 15) is 13.2 Å². The maximum atomic E-state index is 13.2. The predicted molar refractivity (Wildman–Crippen MR) is 102 cm³/mol. The van der Waals surface area contributed by atoms with Gasteiger partial charge in [-0.1, -0.05) is 12.1 Å². The van der Waals surface area contributed by atoms with Crippen LogP contribution in [0.15, 0.2) is 58.3 Å². The monoisotopic (exact) mass is 395 g/mol. The summed E-state index contributed by atoms with van der Waals surface area (Å²) < 4.78 is 37.6. The Labute approximate surface area is 158 Å². The lowest BCUT2D eigenvalue weighted by Crippen LogP contribution is -2.36. The summed E-state index contributed by atoms with van der Waals surface area (Å²) in [5, 5.41) is 0. The topological polar surface area (TPSA) is 72.9 Å². The number of carbonyl (C=O) groups excluding carboxylic acids is 1. The number of para-hydroxylation sites is 2. The summed E-state index contributed by atoms with van der Waals surface area (Å²) in [5.41, 5.74) is 0.286. The van der Waals surface area contributed by atoms with Crippen molar-refractivity contribution in [2.45, 2.75) is 16.7 Å². The number of esters is 1. The molecule has 2 rings (SSSR count). The van der Waals surface area contributed by atoms with Crippen molar-refractivity contribution in [3.05, 3.63) is 48.5 Å². The molecular formula is C18H21NO5S2. The highest BCUT2D eigenvalue weighted by Gasteiger charge is 2.29. The smallest absolute Gasteiger partial charge is 0.326 e. The Balaban J connectivity index is 2.54. The average Bonchev–Trinajstić information content (AvgIpc) is 2.66. The fourth-order valence-corrected chi connectivity index (χ4v) is 4.13. The lowest BCUT2D eigenvalue weighted by Gasteiger charge is -2.25. The lowest BCUT2D eigenvalue weighted by molar-refractivity contribution is -0.138. The summed E-state index contributed by atoms with van der Waals surface area (Å²) in [7, 11) is -2.76. The van der Waals surface area contributed by atoms with Crippen LogP contribution < -0.4 is 9.04 Å². The Hall–Kier alpha value is -2.19. The van der Waals surface area contributed by atoms with Crippen LogP contribution >= 0.6 is 11.8 Å². The fourth-order valence-electron chi connectivity index (χ4n) is 2.30. The number of benzene rings is 2. The van der Waals surface area contributed by atoms with Crippen LogP contribution in [0.1, 0.15) is 6.92 Å². The highest BCUT2D eigenvalue weighted by Crippen LogP contribution is 2.32. The van der Waals surface area contributed by atoms with Crippen molar-refractivity contribution in [1.82, 2.24) is 0 Å². The molecule has 2 aromatic rings. The summed E-state index contributed by atoms with van der Waals surface area (Å²) in [6, 6.07) is 13.2. The molecule has 0 amide bonds. The summed E-state index contributed by atoms with van der Waals surface area (Å²) >= 11 is 1.51. The van der Waals surface area contributed by atoms with Gasteiger partial charge in [-0.05, 0) is 49.6 Å². The minimum Gasteiger partial charge on any atom is -0.492 e. The van der Waals surface area contributed by atoms with E-state index in [0.717, 1.165) is 9.20 Å². The third-order valence-corrected chi connectivity index (χ3v) is 6.10. The summed E-state index contributed by atoms with van der Waals surface area (Å²) in [4.78, 5) is 12.9. The molecule has 0 radical (unpaired) electrons. The van der Waals surface area contributed by atoms with Crippen LogP contribution in [-0.4, -0.2) is 40.9 Å². The molecule has 140 valence electrons. The minimum atomic E-state index is -3.98. The first-order chi connectivity index (χ1) is 12.4. The van der Waals surface area contributed by atoms with E-state index in [4.69, 9.17) is 4.74 Å². The molecule has 0 aromatic heterocycles. The van der Waals surface area contributed by atoms with Crippen molar-refractivity contribution in [3.63, 3.8) is 0 Å². The minimum absolute atomic E-state index is 0.0884. The number of methoxy groups -OCH3 is 1. The van der Waals surface area contributed by atoms with Crippen LogP contribution in [0.3, 0.4) is 0 Å². The summed E-state index contributed by atoms with van der Waals surface area (Å²) in [5.74, 6) is -0.288. The van der Waals surface area contributed by atoms with Crippen LogP contribution in [0.5, 0.6) is 5.75 Å². The summed E-state index contributed by atoms with van der Waals surface area (Å²) in [6.45, 7) is 1.72. The molecule has 0 N–H and O–H groups in total. The van der Waals surface area contributed by atoms with E-state index in [1.165, 1.54) is 31.0 Å². The Bertz CT molecular complexity index is 850. The molecule has 0 aliphatic rings. The van der Waals surface area contributed by atoms with Gasteiger partial charge in [0.1, 0.15) is 12.3 Å². The molecule has 0 spiro atoms. The Morgan fingerprint density at radius 1 is 1.12 bits per heavy atom. The zero-order valence-corrected chi connectivity index (χ0v) is 16.5. The first kappa shape index (κ1) is 20.1. The molecule has 0 heterocycles. The van der Waals surface area contributed by atoms with Gasteiger partial charge >= 0.3 is 5.97 Å². The average molecular weight is 396 g/mol. The van der Waals surface area contributed by atoms with Gasteiger partial charge < -0.3 is 9.47 Å². The molecule has 0 unspecified atom stereocenters. The van der Waals surface area contributed by atoms with Crippen molar-refractivity contribution < 1.29 is 22.7 Å². The SMILES string of the molecule is CCOc1ccccc1N(CC(=O)OC)S(=O)(=O)c1ccc(SC)cc1. The molecule has 0 aliphatic carbocycles. The molecule has 0 fully saturated rings. The van der Waals surface area contributed by atoms with Crippen LogP contribution in [0.25, 0.3) is 0 Å². The second-order valence-corrected chi connectivity index (χ2v) is 7.91. The highest BCUT2D eigenvalue weighted by molar-refractivity contribution is 7.98. The van der Waals surface area contributed by atoms with Gasteiger partial charge in [-0.2, -0.15) is 0 Å². The van der Waals surface area contributed by atoms with Crippen molar-refractivity contribution in [3.8, 4) is 5.75 Å². The van der Waals surface area contributed by atoms with Crippen molar-refractivity contribution in [2.75, 3.05) is 30.8 Å². The van der Waals surface area contributed by atoms with E-state index >= 15 is 0 Å². The van der Waals surface area contributed by atoms with E-state index in [2.05, 4.69) is 4.74 Å². The van der Waals surface area contributed by atoms with E-state index in [1.54, 1.807) is 43.3 Å². The van der Waals surface area contributed by atoms with Crippen molar-refractivity contribution in [1.29, 1.82) is 0 Å². The fraction of sp³-hybridized carbons (Fsp3) is 0.278. The van der Waals surface area contributed by atoms with Gasteiger partial charge in [0.2, 0.25) is 0 Å². The second kappa shape index (κ2) is 8.95. The van der Waals surface area contributed by atoms with E-state index < -0.39 is 22.5 Å². The molecule has 0 aliphatic heterocycles. The van der Waals surface area contributed by atoms with Gasteiger partial charge in [-0.25, -0.2) is 8.42 Å². The van der Waals surface area contributed by atoms with Gasteiger partial charge in [-0.3, -0.25) is 9.10 Å². The standard InChI is InChI=1S/C18H21NO5S2/c1-4-24-17-8-6-5-7-16(17)19(13-18(20)23-2)26(21,22)15-11-9-14(25-3)10-12-15/h5-12H,4,13H2,1-3H3. The zero-order valence-electron chi connectivity index (χ0n) is 14.8. The third-order valence-electron chi connectivity index (χ3n) is 3.58. The van der Waals surface area contributed by atoms with Gasteiger partial charge in [0.05, 0.1) is 24.3 Å². The van der Waals surface area contributed by atoms with Gasteiger partial charge in [-0.15, -0.1) is 11.8 Å². The number of hydrogen-bond acceptors (Lipinski definition) is 6. The molecule has 0 atom stereocenters. The van der Waals surface area contributed by atoms with E-state index in [0.29, 0.717) is 12.4 Å². The maximum Gasteiger partial charge on any atom is 0.326 e. The molecule has 2 aromatic carbocycles. The number of hydrogen-bond donors (Lipinski definition) is 0. The highest BCUT2D eigenvalue weighted by atomic mass is 32.2. The Morgan fingerprint density at radius 2 is 1.77 bits per heavy atom. The number of nitrogens with zero attached hydrogens (tertiary/aromatic N) is 1. The molecular weight excluding hydrogens is 374 g/mol. The Kier molecular flexibility index (Phi) is 6.93. The number of rotatable bonds is 8. The number of anilines is 1. The number of sulfonamides is 1. The third kappa shape index (κ3) is 4.50. The van der Waals surface area contributed by atoms with Crippen LogP contribution in [0.4, 0.5) is 5.69 Å². The number of ether oxygens (including phenoxy) is 2. The van der Waals surface area contributed by atoms with Crippen LogP contribution in [0, 0.1) is 0 Å². The second-order valence-electron chi connectivity index (χ2n) is 5.16. The normalized spacial score (nSPS) is 11.0.